The van der Waals surface area contributed by atoms with Crippen molar-refractivity contribution in [2.45, 2.75) is 67.4 Å². The van der Waals surface area contributed by atoms with E-state index < -0.39 is 123 Å². The van der Waals surface area contributed by atoms with Gasteiger partial charge in [-0.3, -0.25) is 4.79 Å². The highest BCUT2D eigenvalue weighted by atomic mass is 16.5. The first-order valence-corrected chi connectivity index (χ1v) is 19.2. The summed E-state index contributed by atoms with van der Waals surface area (Å²) in [6, 6.07) is 8.49. The van der Waals surface area contributed by atoms with Gasteiger partial charge in [0, 0.05) is 95.0 Å². The number of Topliss-reactive ketones (excluding diaryl/α,β-unsaturated/α-hetero) is 1. The summed E-state index contributed by atoms with van der Waals surface area (Å²) in [6.07, 6.45) is -9.65. The van der Waals surface area contributed by atoms with Crippen LogP contribution in [-0.2, 0) is 24.9 Å². The number of fused-ring (bicyclic) bond motifs is 3. The molecule has 0 radical (unpaired) electrons. The van der Waals surface area contributed by atoms with E-state index in [0.717, 1.165) is 54.6 Å². The van der Waals surface area contributed by atoms with Gasteiger partial charge in [-0.25, -0.2) is 0 Å². The number of aliphatic hydroxyl groups is 4. The summed E-state index contributed by atoms with van der Waals surface area (Å²) < 4.78 is 18.7. The van der Waals surface area contributed by atoms with Crippen LogP contribution < -0.4 is 14.2 Å². The molecule has 0 saturated carbocycles. The minimum Gasteiger partial charge on any atom is -0.508 e. The van der Waals surface area contributed by atoms with Crippen LogP contribution in [0.5, 0.6) is 74.7 Å². The Kier molecular flexibility index (Phi) is 8.24. The molecule has 0 fully saturated rings. The minimum atomic E-state index is -3.12. The van der Waals surface area contributed by atoms with Gasteiger partial charge in [-0.1, -0.05) is 0 Å². The molecule has 3 aliphatic heterocycles. The molecule has 320 valence electrons. The van der Waals surface area contributed by atoms with Gasteiger partial charge >= 0.3 is 0 Å². The van der Waals surface area contributed by atoms with E-state index in [2.05, 4.69) is 0 Å². The van der Waals surface area contributed by atoms with E-state index >= 15 is 4.79 Å². The highest BCUT2D eigenvalue weighted by molar-refractivity contribution is 6.11. The number of carbonyl (C=O) groups excluding carboxylic acids is 1. The third-order valence-corrected chi connectivity index (χ3v) is 12.4. The third-order valence-electron chi connectivity index (χ3n) is 12.4. The molecule has 6 aliphatic rings. The number of hydrogen-bond acceptors (Lipinski definition) is 18. The normalized spacial score (nSPS) is 26.6. The molecule has 3 aliphatic carbocycles. The van der Waals surface area contributed by atoms with Crippen LogP contribution in [0.1, 0.15) is 73.0 Å². The maximum absolute atomic E-state index is 15.2. The number of carbonyl (C=O) groups is 1. The molecule has 11 rings (SSSR count). The van der Waals surface area contributed by atoms with Crippen molar-refractivity contribution < 1.29 is 90.5 Å². The van der Waals surface area contributed by atoms with E-state index in [9.17, 15) is 71.5 Å². The van der Waals surface area contributed by atoms with Crippen LogP contribution >= 0.6 is 0 Å². The lowest BCUT2D eigenvalue weighted by atomic mass is 9.68. The molecule has 5 aromatic carbocycles. The molecule has 18 nitrogen and oxygen atoms in total. The standard InChI is InChI=1S/C44H36O18/c45-13-1-22(48)16-7-27(53)40(60-30(16)4-13)19-10-25(51)38(56)36-33(19)34-21(42-29(55)9-18-24(50)3-15(47)6-32(18)62-42)12-44(59,43(36)58)37-35(34)20(11-26(52)39(37)57)41-28(54)8-17-23(49)2-14(46)5-31(17)61-41/h1-6,10-12,27-29,34,40-42,45-57,59H,7-9H2/t27-,28-,29-,34?,40-,41-,42-,44?/m1/s1. The van der Waals surface area contributed by atoms with Crippen LogP contribution in [0.25, 0.3) is 0 Å². The SMILES string of the molecule is O=C1c2c(O)c(O)cc([C@H]3Oc4cc(O)cc(O)c4C[C@H]3O)c2C2C([C@H]3Oc4cc(O)cc(O)c4C[C@H]3O)=CC1(O)c1c(O)c(O)cc([C@H]3Oc4cc(O)cc(O)c4C[C@H]3O)c12. The maximum atomic E-state index is 15.2. The molecular weight excluding hydrogens is 816 g/mol. The predicted molar refractivity (Wildman–Crippen MR) is 207 cm³/mol. The molecule has 2 bridgehead atoms. The van der Waals surface area contributed by atoms with E-state index in [0.29, 0.717) is 0 Å². The van der Waals surface area contributed by atoms with Gasteiger partial charge in [-0.05, 0) is 34.9 Å². The van der Waals surface area contributed by atoms with Crippen molar-refractivity contribution >= 4 is 5.78 Å². The summed E-state index contributed by atoms with van der Waals surface area (Å²) in [6.45, 7) is 0. The summed E-state index contributed by atoms with van der Waals surface area (Å²) in [7, 11) is 0. The van der Waals surface area contributed by atoms with Crippen molar-refractivity contribution in [2.75, 3.05) is 0 Å². The predicted octanol–water partition coefficient (Wildman–Crippen LogP) is 2.64. The Hall–Kier alpha value is -7.25. The number of ether oxygens (including phenoxy) is 3. The lowest BCUT2D eigenvalue weighted by Crippen LogP contribution is -2.44. The Morgan fingerprint density at radius 2 is 0.903 bits per heavy atom. The Morgan fingerprint density at radius 3 is 1.37 bits per heavy atom. The molecule has 0 spiro atoms. The highest BCUT2D eigenvalue weighted by Gasteiger charge is 2.58. The first-order valence-electron chi connectivity index (χ1n) is 19.2. The van der Waals surface area contributed by atoms with E-state index in [-0.39, 0.29) is 81.0 Å². The minimum absolute atomic E-state index is 0.0841. The van der Waals surface area contributed by atoms with Gasteiger partial charge in [0.05, 0.1) is 23.9 Å². The van der Waals surface area contributed by atoms with Crippen molar-refractivity contribution in [1.82, 2.24) is 0 Å². The van der Waals surface area contributed by atoms with Gasteiger partial charge in [-0.2, -0.15) is 0 Å². The second-order valence-electron chi connectivity index (χ2n) is 16.2. The van der Waals surface area contributed by atoms with Crippen LogP contribution in [0.15, 0.2) is 60.2 Å². The number of benzene rings is 5. The van der Waals surface area contributed by atoms with E-state index in [4.69, 9.17) is 14.2 Å². The van der Waals surface area contributed by atoms with Crippen molar-refractivity contribution in [3.05, 3.63) is 110 Å². The van der Waals surface area contributed by atoms with E-state index in [1.165, 1.54) is 0 Å². The lowest BCUT2D eigenvalue weighted by Gasteiger charge is -2.42. The zero-order chi connectivity index (χ0) is 44.0. The topological polar surface area (TPSA) is 328 Å². The fourth-order valence-electron chi connectivity index (χ4n) is 9.79. The molecule has 3 heterocycles. The molecule has 5 aromatic rings. The molecule has 0 saturated heterocycles. The molecular formula is C44H36O18. The van der Waals surface area contributed by atoms with Gasteiger partial charge in [-0.15, -0.1) is 0 Å². The number of rotatable bonds is 3. The Balaban J connectivity index is 1.28. The monoisotopic (exact) mass is 852 g/mol. The van der Waals surface area contributed by atoms with Crippen LogP contribution in [0, 0.1) is 0 Å². The number of phenols is 10. The number of phenolic OH excluding ortho intramolecular Hbond substituents is 10. The first kappa shape index (κ1) is 38.9. The fraction of sp³-hybridized carbons (Fsp3) is 0.250. The fourth-order valence-corrected chi connectivity index (χ4v) is 9.79. The molecule has 0 amide bonds. The summed E-state index contributed by atoms with van der Waals surface area (Å²) in [4.78, 5) is 15.2. The maximum Gasteiger partial charge on any atom is 0.207 e. The van der Waals surface area contributed by atoms with Crippen LogP contribution in [0.2, 0.25) is 0 Å². The van der Waals surface area contributed by atoms with Gasteiger partial charge in [0.2, 0.25) is 5.78 Å². The van der Waals surface area contributed by atoms with Crippen molar-refractivity contribution in [3.8, 4) is 74.7 Å². The second kappa shape index (κ2) is 13.1. The Bertz CT molecular complexity index is 2850. The first-order chi connectivity index (χ1) is 29.4. The Morgan fingerprint density at radius 1 is 0.500 bits per heavy atom. The zero-order valence-electron chi connectivity index (χ0n) is 31.8. The molecule has 0 aromatic heterocycles. The van der Waals surface area contributed by atoms with Crippen molar-refractivity contribution in [1.29, 1.82) is 0 Å². The zero-order valence-corrected chi connectivity index (χ0v) is 31.8. The number of aromatic hydroxyl groups is 10. The average molecular weight is 853 g/mol. The van der Waals surface area contributed by atoms with Gasteiger partial charge < -0.3 is 85.7 Å². The summed E-state index contributed by atoms with van der Waals surface area (Å²) in [5, 5.41) is 157. The van der Waals surface area contributed by atoms with E-state index in [1.807, 2.05) is 0 Å². The van der Waals surface area contributed by atoms with E-state index in [1.54, 1.807) is 0 Å². The molecule has 18 heteroatoms. The van der Waals surface area contributed by atoms with Crippen LogP contribution in [-0.4, -0.2) is 102 Å². The Labute approximate surface area is 348 Å². The van der Waals surface area contributed by atoms with Crippen LogP contribution in [0.4, 0.5) is 0 Å². The van der Waals surface area contributed by atoms with Gasteiger partial charge in [0.25, 0.3) is 0 Å². The number of aliphatic hydroxyl groups excluding tert-OH is 3. The largest absolute Gasteiger partial charge is 0.508 e. The average Bonchev–Trinajstić information content (AvgIpc) is 3.35. The van der Waals surface area contributed by atoms with Crippen molar-refractivity contribution in [2.24, 2.45) is 0 Å². The third kappa shape index (κ3) is 5.40. The lowest BCUT2D eigenvalue weighted by molar-refractivity contribution is 0.0169. The molecule has 2 unspecified atom stereocenters. The van der Waals surface area contributed by atoms with Crippen molar-refractivity contribution in [3.63, 3.8) is 0 Å². The molecule has 62 heavy (non-hydrogen) atoms. The summed E-state index contributed by atoms with van der Waals surface area (Å²) in [5.41, 5.74) is -5.51. The highest BCUT2D eigenvalue weighted by Crippen LogP contribution is 2.62. The summed E-state index contributed by atoms with van der Waals surface area (Å²) in [5.74, 6) is -9.93. The quantitative estimate of drug-likeness (QED) is 0.0916. The van der Waals surface area contributed by atoms with Crippen LogP contribution in [0.3, 0.4) is 0 Å². The number of hydrogen-bond donors (Lipinski definition) is 14. The summed E-state index contributed by atoms with van der Waals surface area (Å²) >= 11 is 0. The van der Waals surface area contributed by atoms with Gasteiger partial charge in [0.1, 0.15) is 57.8 Å². The second-order valence-corrected chi connectivity index (χ2v) is 16.2. The molecule has 14 N–H and O–H groups in total. The number of ketones is 1. The van der Waals surface area contributed by atoms with Gasteiger partial charge in [0.15, 0.2) is 40.8 Å². The smallest absolute Gasteiger partial charge is 0.207 e. The molecule has 8 atom stereocenters.